The number of carbonyl (C=O) groups excluding carboxylic acids is 3. The fraction of sp³-hybridized carbons (Fsp3) is 0.241. The zero-order chi connectivity index (χ0) is 27.6. The van der Waals surface area contributed by atoms with Crippen LogP contribution >= 0.6 is 11.3 Å². The Balaban J connectivity index is 1.87. The van der Waals surface area contributed by atoms with Gasteiger partial charge in [-0.3, -0.25) is 14.5 Å². The van der Waals surface area contributed by atoms with Crippen LogP contribution in [0.1, 0.15) is 50.6 Å². The minimum atomic E-state index is -0.951. The first-order valence-corrected chi connectivity index (χ1v) is 12.9. The summed E-state index contributed by atoms with van der Waals surface area (Å²) >= 11 is 0.972. The second-order valence-corrected chi connectivity index (χ2v) is 9.77. The van der Waals surface area contributed by atoms with Gasteiger partial charge >= 0.3 is 11.9 Å². The number of benzene rings is 2. The number of nitrogens with zero attached hydrogens (tertiary/aromatic N) is 2. The van der Waals surface area contributed by atoms with Gasteiger partial charge in [0.2, 0.25) is 0 Å². The van der Waals surface area contributed by atoms with Gasteiger partial charge in [-0.1, -0.05) is 53.8 Å². The summed E-state index contributed by atoms with van der Waals surface area (Å²) in [4.78, 5) is 45.2. The number of ketones is 1. The van der Waals surface area contributed by atoms with Gasteiger partial charge in [0, 0.05) is 5.56 Å². The molecule has 0 unspecified atom stereocenters. The van der Waals surface area contributed by atoms with Gasteiger partial charge in [-0.05, 0) is 57.0 Å². The topological polar surface area (TPSA) is 106 Å². The van der Waals surface area contributed by atoms with Crippen molar-refractivity contribution >= 4 is 39.9 Å². The van der Waals surface area contributed by atoms with E-state index in [1.165, 1.54) is 4.90 Å². The van der Waals surface area contributed by atoms with Gasteiger partial charge in [-0.25, -0.2) is 9.78 Å². The number of hydrogen-bond donors (Lipinski definition) is 1. The number of aliphatic hydroxyl groups is 1. The van der Waals surface area contributed by atoms with Crippen LogP contribution in [0.2, 0.25) is 0 Å². The fourth-order valence-electron chi connectivity index (χ4n) is 4.23. The van der Waals surface area contributed by atoms with E-state index in [1.807, 2.05) is 26.0 Å². The molecule has 0 bridgehead atoms. The Morgan fingerprint density at radius 3 is 2.50 bits per heavy atom. The lowest BCUT2D eigenvalue weighted by atomic mass is 9.94. The molecule has 0 spiro atoms. The third-order valence-electron chi connectivity index (χ3n) is 6.09. The largest absolute Gasteiger partial charge is 0.507 e. The summed E-state index contributed by atoms with van der Waals surface area (Å²) in [5, 5.41) is 11.6. The molecule has 1 aliphatic heterocycles. The fourth-order valence-corrected chi connectivity index (χ4v) is 5.22. The predicted molar refractivity (Wildman–Crippen MR) is 146 cm³/mol. The van der Waals surface area contributed by atoms with Crippen molar-refractivity contribution in [3.63, 3.8) is 0 Å². The molecule has 1 atom stereocenters. The van der Waals surface area contributed by atoms with Crippen LogP contribution < -0.4 is 9.64 Å². The van der Waals surface area contributed by atoms with Crippen molar-refractivity contribution in [3.8, 4) is 5.75 Å². The lowest BCUT2D eigenvalue weighted by molar-refractivity contribution is -0.132. The highest BCUT2D eigenvalue weighted by atomic mass is 32.1. The van der Waals surface area contributed by atoms with E-state index in [4.69, 9.17) is 9.47 Å². The molecule has 1 fully saturated rings. The minimum Gasteiger partial charge on any atom is -0.507 e. The van der Waals surface area contributed by atoms with Gasteiger partial charge in [0.05, 0.1) is 23.9 Å². The summed E-state index contributed by atoms with van der Waals surface area (Å²) in [6.45, 7) is 11.2. The third kappa shape index (κ3) is 4.97. The third-order valence-corrected chi connectivity index (χ3v) is 7.23. The molecule has 0 radical (unpaired) electrons. The molecule has 1 aromatic heterocycles. The van der Waals surface area contributed by atoms with E-state index in [-0.39, 0.29) is 27.9 Å². The van der Waals surface area contributed by atoms with E-state index in [2.05, 4.69) is 11.6 Å². The average molecular weight is 533 g/mol. The van der Waals surface area contributed by atoms with Crippen LogP contribution in [0.4, 0.5) is 5.13 Å². The maximum atomic E-state index is 13.4. The predicted octanol–water partition coefficient (Wildman–Crippen LogP) is 5.44. The normalized spacial score (nSPS) is 16.5. The summed E-state index contributed by atoms with van der Waals surface area (Å²) < 4.78 is 10.7. The van der Waals surface area contributed by atoms with Crippen LogP contribution in [0.5, 0.6) is 5.75 Å². The van der Waals surface area contributed by atoms with Crippen LogP contribution in [0.3, 0.4) is 0 Å². The number of aliphatic hydroxyl groups excluding tert-OH is 1. The molecule has 1 saturated heterocycles. The number of ether oxygens (including phenoxy) is 2. The molecule has 0 aliphatic carbocycles. The summed E-state index contributed by atoms with van der Waals surface area (Å²) in [6.07, 6.45) is 1.63. The highest BCUT2D eigenvalue weighted by Gasteiger charge is 2.48. The highest BCUT2D eigenvalue weighted by Crippen LogP contribution is 2.44. The molecule has 9 heteroatoms. The zero-order valence-electron chi connectivity index (χ0n) is 21.6. The maximum Gasteiger partial charge on any atom is 0.350 e. The molecule has 3 aromatic rings. The number of Topliss-reactive ketones (excluding diaryl/α,β-unsaturated/α-hetero) is 1. The summed E-state index contributed by atoms with van der Waals surface area (Å²) in [6, 6.07) is 11.4. The molecule has 38 heavy (non-hydrogen) atoms. The van der Waals surface area contributed by atoms with Crippen LogP contribution in [-0.2, 0) is 14.3 Å². The first-order valence-electron chi connectivity index (χ1n) is 12.0. The van der Waals surface area contributed by atoms with Crippen molar-refractivity contribution in [1.29, 1.82) is 0 Å². The number of aromatic nitrogens is 1. The smallest absolute Gasteiger partial charge is 0.350 e. The van der Waals surface area contributed by atoms with E-state index < -0.39 is 23.7 Å². The molecule has 1 aliphatic rings. The first-order chi connectivity index (χ1) is 18.2. The number of carbonyl (C=O) groups is 3. The Morgan fingerprint density at radius 2 is 1.87 bits per heavy atom. The molecule has 1 amide bonds. The molecule has 2 heterocycles. The van der Waals surface area contributed by atoms with Crippen molar-refractivity contribution in [2.24, 2.45) is 0 Å². The SMILES string of the molecule is C=CCOc1ccc(C(O)=C2C(=O)C(=O)N(c3nc(C)c(C(=O)OCC)s3)[C@@H]2c2ccc(C)cc2)cc1C. The molecular formula is C29H28N2O6S. The number of aryl methyl sites for hydroxylation is 3. The molecule has 1 N–H and O–H groups in total. The molecule has 196 valence electrons. The molecular weight excluding hydrogens is 504 g/mol. The van der Waals surface area contributed by atoms with Gasteiger partial charge in [0.1, 0.15) is 23.0 Å². The average Bonchev–Trinajstić information content (AvgIpc) is 3.40. The van der Waals surface area contributed by atoms with E-state index in [9.17, 15) is 19.5 Å². The Morgan fingerprint density at radius 1 is 1.16 bits per heavy atom. The number of amides is 1. The zero-order valence-corrected chi connectivity index (χ0v) is 22.4. The number of hydrogen-bond acceptors (Lipinski definition) is 8. The van der Waals surface area contributed by atoms with Crippen molar-refractivity contribution in [1.82, 2.24) is 4.98 Å². The summed E-state index contributed by atoms with van der Waals surface area (Å²) in [7, 11) is 0. The molecule has 4 rings (SSSR count). The van der Waals surface area contributed by atoms with Crippen LogP contribution in [0.25, 0.3) is 5.76 Å². The van der Waals surface area contributed by atoms with Gasteiger partial charge in [-0.2, -0.15) is 0 Å². The Bertz CT molecular complexity index is 1450. The highest BCUT2D eigenvalue weighted by molar-refractivity contribution is 7.17. The number of rotatable bonds is 8. The second-order valence-electron chi connectivity index (χ2n) is 8.79. The van der Waals surface area contributed by atoms with Crippen LogP contribution in [0, 0.1) is 20.8 Å². The second kappa shape index (κ2) is 11.0. The summed E-state index contributed by atoms with van der Waals surface area (Å²) in [5.74, 6) is -1.94. The molecule has 8 nitrogen and oxygen atoms in total. The van der Waals surface area contributed by atoms with Crippen molar-refractivity contribution < 1.29 is 29.0 Å². The van der Waals surface area contributed by atoms with Crippen molar-refractivity contribution in [3.05, 3.63) is 93.5 Å². The standard InChI is InChI=1S/C29H28N2O6S/c1-6-14-37-21-13-12-20(15-17(21)4)24(32)22-23(19-10-8-16(3)9-11-19)31(27(34)25(22)33)29-30-18(5)26(38-29)28(35)36-7-2/h6,8-13,15,23,32H,1,7,14H2,2-5H3/t23-/m1/s1. The maximum absolute atomic E-state index is 13.4. The number of anilines is 1. The van der Waals surface area contributed by atoms with E-state index in [1.54, 1.807) is 50.3 Å². The van der Waals surface area contributed by atoms with Gasteiger partial charge < -0.3 is 14.6 Å². The van der Waals surface area contributed by atoms with Gasteiger partial charge in [0.25, 0.3) is 5.78 Å². The van der Waals surface area contributed by atoms with Crippen LogP contribution in [0.15, 0.2) is 60.7 Å². The quantitative estimate of drug-likeness (QED) is 0.135. The van der Waals surface area contributed by atoms with E-state index in [0.717, 1.165) is 22.5 Å². The number of thiazole rings is 1. The minimum absolute atomic E-state index is 0.0662. The molecule has 0 saturated carbocycles. The van der Waals surface area contributed by atoms with Crippen molar-refractivity contribution in [2.45, 2.75) is 33.7 Å². The monoisotopic (exact) mass is 532 g/mol. The lowest BCUT2D eigenvalue weighted by Crippen LogP contribution is -2.29. The first kappa shape index (κ1) is 26.8. The van der Waals surface area contributed by atoms with Crippen LogP contribution in [-0.4, -0.2) is 41.0 Å². The van der Waals surface area contributed by atoms with Gasteiger partial charge in [-0.15, -0.1) is 0 Å². The van der Waals surface area contributed by atoms with E-state index in [0.29, 0.717) is 29.2 Å². The van der Waals surface area contributed by atoms with Crippen molar-refractivity contribution in [2.75, 3.05) is 18.1 Å². The lowest BCUT2D eigenvalue weighted by Gasteiger charge is -2.23. The molecule has 2 aromatic carbocycles. The summed E-state index contributed by atoms with van der Waals surface area (Å²) in [5.41, 5.74) is 3.04. The Kier molecular flexibility index (Phi) is 7.78. The van der Waals surface area contributed by atoms with Gasteiger partial charge in [0.15, 0.2) is 5.13 Å². The number of esters is 1. The Hall–Kier alpha value is -4.24. The van der Waals surface area contributed by atoms with E-state index >= 15 is 0 Å². The Labute approximate surface area is 224 Å².